The number of nitrogens with two attached hydrogens (primary N) is 1. The normalized spacial score (nSPS) is 12.9. The summed E-state index contributed by atoms with van der Waals surface area (Å²) in [5, 5.41) is 3.88. The third-order valence-corrected chi connectivity index (χ3v) is 6.90. The number of nitrogen functional groups attached to an aromatic ring is 1. The number of thiazole rings is 1. The van der Waals surface area contributed by atoms with Crippen LogP contribution in [0.2, 0.25) is 0 Å². The Morgan fingerprint density at radius 2 is 1.78 bits per heavy atom. The molecular formula is C19H22N4O2S2. The van der Waals surface area contributed by atoms with E-state index in [-0.39, 0.29) is 10.9 Å². The van der Waals surface area contributed by atoms with E-state index in [1.807, 2.05) is 37.3 Å². The van der Waals surface area contributed by atoms with Gasteiger partial charge in [-0.05, 0) is 43.2 Å². The molecule has 0 aliphatic rings. The molecule has 0 radical (unpaired) electrons. The Hall–Kier alpha value is -2.42. The summed E-state index contributed by atoms with van der Waals surface area (Å²) >= 11 is 1.28. The first-order chi connectivity index (χ1) is 12.9. The van der Waals surface area contributed by atoms with Crippen LogP contribution in [0, 0.1) is 0 Å². The van der Waals surface area contributed by atoms with Gasteiger partial charge in [0.05, 0.1) is 4.90 Å². The van der Waals surface area contributed by atoms with Gasteiger partial charge in [-0.1, -0.05) is 30.3 Å². The first kappa shape index (κ1) is 19.3. The minimum atomic E-state index is -3.83. The predicted octanol–water partition coefficient (Wildman–Crippen LogP) is 3.40. The average molecular weight is 403 g/mol. The van der Waals surface area contributed by atoms with E-state index in [1.165, 1.54) is 27.9 Å². The standard InChI is InChI=1S/C19H22N4O2S2/c1-15(14-16-6-4-3-5-7-16)22(2)23(19-21-12-13-26-19)27(24,25)18-10-8-17(20)9-11-18/h3-13,15H,14,20H2,1-2H3. The summed E-state index contributed by atoms with van der Waals surface area (Å²) in [6.07, 6.45) is 2.30. The fraction of sp³-hybridized carbons (Fsp3) is 0.211. The molecule has 1 atom stereocenters. The third-order valence-electron chi connectivity index (χ3n) is 4.29. The van der Waals surface area contributed by atoms with Gasteiger partial charge >= 0.3 is 0 Å². The van der Waals surface area contributed by atoms with Crippen molar-refractivity contribution in [1.82, 2.24) is 9.99 Å². The van der Waals surface area contributed by atoms with Crippen LogP contribution in [-0.2, 0) is 16.4 Å². The van der Waals surface area contributed by atoms with Crippen molar-refractivity contribution in [2.24, 2.45) is 0 Å². The first-order valence-electron chi connectivity index (χ1n) is 8.46. The smallest absolute Gasteiger partial charge is 0.280 e. The van der Waals surface area contributed by atoms with Gasteiger partial charge in [0, 0.05) is 30.4 Å². The third kappa shape index (κ3) is 4.29. The fourth-order valence-electron chi connectivity index (χ4n) is 2.72. The second-order valence-electron chi connectivity index (χ2n) is 6.24. The summed E-state index contributed by atoms with van der Waals surface area (Å²) in [4.78, 5) is 4.41. The zero-order valence-corrected chi connectivity index (χ0v) is 16.8. The maximum atomic E-state index is 13.4. The van der Waals surface area contributed by atoms with Crippen LogP contribution in [0.25, 0.3) is 0 Å². The van der Waals surface area contributed by atoms with Crippen molar-refractivity contribution < 1.29 is 8.42 Å². The molecule has 6 nitrogen and oxygen atoms in total. The van der Waals surface area contributed by atoms with Crippen molar-refractivity contribution in [3.63, 3.8) is 0 Å². The number of sulfonamides is 1. The molecule has 1 aromatic heterocycles. The van der Waals surface area contributed by atoms with E-state index in [0.717, 1.165) is 5.56 Å². The number of anilines is 2. The van der Waals surface area contributed by atoms with Gasteiger partial charge in [0.2, 0.25) is 5.13 Å². The van der Waals surface area contributed by atoms with Gasteiger partial charge in [0.1, 0.15) is 0 Å². The average Bonchev–Trinajstić information content (AvgIpc) is 3.16. The second-order valence-corrected chi connectivity index (χ2v) is 8.88. The largest absolute Gasteiger partial charge is 0.399 e. The maximum Gasteiger partial charge on any atom is 0.280 e. The van der Waals surface area contributed by atoms with E-state index in [9.17, 15) is 8.42 Å². The van der Waals surface area contributed by atoms with Crippen LogP contribution in [0.4, 0.5) is 10.8 Å². The van der Waals surface area contributed by atoms with Crippen LogP contribution < -0.4 is 10.1 Å². The minimum absolute atomic E-state index is 0.0696. The molecule has 0 spiro atoms. The lowest BCUT2D eigenvalue weighted by Crippen LogP contribution is -2.49. The Kier molecular flexibility index (Phi) is 5.79. The summed E-state index contributed by atoms with van der Waals surface area (Å²) in [5.74, 6) is 0. The van der Waals surface area contributed by atoms with Crippen molar-refractivity contribution in [2.45, 2.75) is 24.3 Å². The van der Waals surface area contributed by atoms with E-state index in [4.69, 9.17) is 5.73 Å². The van der Waals surface area contributed by atoms with Gasteiger partial charge in [-0.2, -0.15) is 12.8 Å². The number of likely N-dealkylation sites (N-methyl/N-ethyl adjacent to an activating group) is 1. The van der Waals surface area contributed by atoms with Crippen LogP contribution in [0.15, 0.2) is 71.1 Å². The molecule has 0 saturated heterocycles. The van der Waals surface area contributed by atoms with Crippen LogP contribution in [0.3, 0.4) is 0 Å². The van der Waals surface area contributed by atoms with Gasteiger partial charge in [-0.15, -0.1) is 11.3 Å². The summed E-state index contributed by atoms with van der Waals surface area (Å²) in [5.41, 5.74) is 7.36. The molecule has 27 heavy (non-hydrogen) atoms. The highest BCUT2D eigenvalue weighted by Crippen LogP contribution is 2.28. The molecule has 0 amide bonds. The van der Waals surface area contributed by atoms with Gasteiger partial charge in [-0.25, -0.2) is 9.99 Å². The lowest BCUT2D eigenvalue weighted by molar-refractivity contribution is 0.269. The molecule has 3 rings (SSSR count). The molecule has 142 valence electrons. The predicted molar refractivity (Wildman–Crippen MR) is 110 cm³/mol. The quantitative estimate of drug-likeness (QED) is 0.484. The summed E-state index contributed by atoms with van der Waals surface area (Å²) in [6.45, 7) is 1.99. The zero-order valence-electron chi connectivity index (χ0n) is 15.2. The number of nitrogens with zero attached hydrogens (tertiary/aromatic N) is 3. The van der Waals surface area contributed by atoms with E-state index < -0.39 is 10.0 Å². The highest BCUT2D eigenvalue weighted by atomic mass is 32.2. The van der Waals surface area contributed by atoms with Gasteiger partial charge in [0.15, 0.2) is 0 Å². The lowest BCUT2D eigenvalue weighted by Gasteiger charge is -2.35. The first-order valence-corrected chi connectivity index (χ1v) is 10.8. The minimum Gasteiger partial charge on any atom is -0.399 e. The van der Waals surface area contributed by atoms with Crippen LogP contribution in [0.1, 0.15) is 12.5 Å². The maximum absolute atomic E-state index is 13.4. The molecule has 0 saturated carbocycles. The van der Waals surface area contributed by atoms with Crippen molar-refractivity contribution >= 4 is 32.2 Å². The zero-order chi connectivity index (χ0) is 19.4. The fourth-order valence-corrected chi connectivity index (χ4v) is 5.16. The number of aromatic nitrogens is 1. The highest BCUT2D eigenvalue weighted by Gasteiger charge is 2.32. The Balaban J connectivity index is 1.95. The highest BCUT2D eigenvalue weighted by molar-refractivity contribution is 7.93. The number of hydrazine groups is 1. The SMILES string of the molecule is CC(Cc1ccccc1)N(C)N(c1nccs1)S(=O)(=O)c1ccc(N)cc1. The Labute approximate surface area is 163 Å². The molecule has 2 N–H and O–H groups in total. The second kappa shape index (κ2) is 8.08. The van der Waals surface area contributed by atoms with Crippen molar-refractivity contribution in [3.8, 4) is 0 Å². The summed E-state index contributed by atoms with van der Waals surface area (Å²) in [7, 11) is -2.06. The van der Waals surface area contributed by atoms with E-state index in [2.05, 4.69) is 4.98 Å². The van der Waals surface area contributed by atoms with E-state index in [1.54, 1.807) is 35.8 Å². The molecule has 8 heteroatoms. The number of rotatable bonds is 7. The Morgan fingerprint density at radius 3 is 2.37 bits per heavy atom. The summed E-state index contributed by atoms with van der Waals surface area (Å²) < 4.78 is 28.0. The molecule has 3 aromatic rings. The Morgan fingerprint density at radius 1 is 1.11 bits per heavy atom. The van der Waals surface area contributed by atoms with Crippen molar-refractivity contribution in [3.05, 3.63) is 71.7 Å². The topological polar surface area (TPSA) is 79.5 Å². The van der Waals surface area contributed by atoms with E-state index >= 15 is 0 Å². The summed E-state index contributed by atoms with van der Waals surface area (Å²) in [6, 6.07) is 16.1. The molecule has 1 heterocycles. The lowest BCUT2D eigenvalue weighted by atomic mass is 10.1. The van der Waals surface area contributed by atoms with Gasteiger partial charge < -0.3 is 5.73 Å². The molecule has 0 aliphatic heterocycles. The molecule has 0 fully saturated rings. The van der Waals surface area contributed by atoms with Crippen molar-refractivity contribution in [2.75, 3.05) is 17.2 Å². The monoisotopic (exact) mass is 402 g/mol. The van der Waals surface area contributed by atoms with Crippen LogP contribution in [-0.4, -0.2) is 31.5 Å². The number of hydrogen-bond donors (Lipinski definition) is 1. The van der Waals surface area contributed by atoms with Crippen LogP contribution in [0.5, 0.6) is 0 Å². The molecule has 1 unspecified atom stereocenters. The van der Waals surface area contributed by atoms with Gasteiger partial charge in [-0.3, -0.25) is 0 Å². The van der Waals surface area contributed by atoms with E-state index in [0.29, 0.717) is 17.2 Å². The molecule has 2 aromatic carbocycles. The van der Waals surface area contributed by atoms with Crippen molar-refractivity contribution in [1.29, 1.82) is 0 Å². The number of hydrogen-bond acceptors (Lipinski definition) is 6. The number of benzene rings is 2. The van der Waals surface area contributed by atoms with Crippen LogP contribution >= 0.6 is 11.3 Å². The molecule has 0 aliphatic carbocycles. The molecular weight excluding hydrogens is 380 g/mol. The Bertz CT molecular complexity index is 959. The van der Waals surface area contributed by atoms with Gasteiger partial charge in [0.25, 0.3) is 10.0 Å². The molecule has 0 bridgehead atoms.